The summed E-state index contributed by atoms with van der Waals surface area (Å²) in [5.41, 5.74) is 4.20. The fourth-order valence-electron chi connectivity index (χ4n) is 4.15. The van der Waals surface area contributed by atoms with Crippen LogP contribution in [0.25, 0.3) is 15.9 Å². The van der Waals surface area contributed by atoms with Crippen LogP contribution in [0, 0.1) is 30.9 Å². The largest absolute Gasteiger partial charge is 0.345 e. The van der Waals surface area contributed by atoms with Crippen LogP contribution >= 0.6 is 23.1 Å². The van der Waals surface area contributed by atoms with Crippen molar-refractivity contribution < 1.29 is 14.5 Å². The minimum absolute atomic E-state index is 0.0132. The van der Waals surface area contributed by atoms with E-state index < -0.39 is 10.8 Å². The number of nitro benzene ring substituents is 1. The van der Waals surface area contributed by atoms with E-state index in [0.29, 0.717) is 21.7 Å². The van der Waals surface area contributed by atoms with E-state index in [9.17, 15) is 19.7 Å². The molecule has 0 saturated heterocycles. The smallest absolute Gasteiger partial charge is 0.273 e. The van der Waals surface area contributed by atoms with E-state index >= 15 is 0 Å². The van der Waals surface area contributed by atoms with E-state index in [4.69, 9.17) is 0 Å². The van der Waals surface area contributed by atoms with Gasteiger partial charge in [0, 0.05) is 17.2 Å². The second-order valence-corrected chi connectivity index (χ2v) is 11.2. The number of rotatable bonds is 9. The van der Waals surface area contributed by atoms with Crippen molar-refractivity contribution in [3.63, 3.8) is 0 Å². The molecule has 5 rings (SSSR count). The molecule has 0 aliphatic carbocycles. The number of nitro groups is 1. The second-order valence-electron chi connectivity index (χ2n) is 9.22. The number of thioether (sulfide) groups is 1. The maximum Gasteiger partial charge on any atom is 0.273 e. The molecule has 0 bridgehead atoms. The van der Waals surface area contributed by atoms with E-state index in [0.717, 1.165) is 27.0 Å². The van der Waals surface area contributed by atoms with E-state index in [1.165, 1.54) is 29.2 Å². The van der Waals surface area contributed by atoms with Crippen LogP contribution in [-0.4, -0.2) is 42.2 Å². The molecule has 3 aromatic carbocycles. The van der Waals surface area contributed by atoms with Gasteiger partial charge in [-0.1, -0.05) is 53.4 Å². The Balaban J connectivity index is 1.35. The summed E-state index contributed by atoms with van der Waals surface area (Å²) in [6, 6.07) is 17.8. The number of hydrogen-bond acceptors (Lipinski definition) is 9. The van der Waals surface area contributed by atoms with Gasteiger partial charge in [0.25, 0.3) is 11.6 Å². The normalized spacial score (nSPS) is 11.0. The number of fused-ring (bicyclic) bond motifs is 1. The molecule has 0 unspecified atom stereocenters. The number of aryl methyl sites for hydroxylation is 2. The highest BCUT2D eigenvalue weighted by Gasteiger charge is 2.20. The molecule has 0 aliphatic rings. The number of carbonyl (C=O) groups is 2. The first-order valence-corrected chi connectivity index (χ1v) is 14.3. The van der Waals surface area contributed by atoms with Gasteiger partial charge in [-0.05, 0) is 56.2 Å². The molecule has 0 radical (unpaired) electrons. The number of nitrogens with one attached hydrogen (secondary N) is 2. The summed E-state index contributed by atoms with van der Waals surface area (Å²) < 4.78 is 2.80. The van der Waals surface area contributed by atoms with Gasteiger partial charge in [0.05, 0.1) is 33.1 Å². The van der Waals surface area contributed by atoms with Gasteiger partial charge in [0.2, 0.25) is 5.91 Å². The number of hydrogen-bond donors (Lipinski definition) is 2. The molecule has 2 N–H and O–H groups in total. The fourth-order valence-corrected chi connectivity index (χ4v) is 5.79. The Kier molecular flexibility index (Phi) is 8.08. The zero-order valence-corrected chi connectivity index (χ0v) is 24.0. The minimum atomic E-state index is -0.514. The lowest BCUT2D eigenvalue weighted by Crippen LogP contribution is -2.25. The van der Waals surface area contributed by atoms with Gasteiger partial charge < -0.3 is 10.6 Å². The molecule has 11 nitrogen and oxygen atoms in total. The third-order valence-corrected chi connectivity index (χ3v) is 8.35. The number of para-hydroxylation sites is 1. The number of carbonyl (C=O) groups excluding carboxylic acids is 2. The quantitative estimate of drug-likeness (QED) is 0.133. The van der Waals surface area contributed by atoms with Gasteiger partial charge in [-0.25, -0.2) is 4.98 Å². The zero-order chi connectivity index (χ0) is 29.1. The molecular weight excluding hydrogens is 562 g/mol. The Hall–Kier alpha value is -4.62. The molecular formula is C28H25N7O4S2. The lowest BCUT2D eigenvalue weighted by atomic mass is 10.1. The summed E-state index contributed by atoms with van der Waals surface area (Å²) in [6.07, 6.45) is 0. The maximum absolute atomic E-state index is 12.9. The number of amides is 2. The Morgan fingerprint density at radius 1 is 1.02 bits per heavy atom. The average Bonchev–Trinajstić information content (AvgIpc) is 3.55. The maximum atomic E-state index is 12.9. The van der Waals surface area contributed by atoms with Crippen LogP contribution in [0.15, 0.2) is 65.8 Å². The molecule has 2 amide bonds. The van der Waals surface area contributed by atoms with Gasteiger partial charge in [-0.2, -0.15) is 0 Å². The first kappa shape index (κ1) is 27.9. The van der Waals surface area contributed by atoms with Crippen molar-refractivity contribution in [1.82, 2.24) is 25.1 Å². The molecule has 0 saturated carbocycles. The van der Waals surface area contributed by atoms with Crippen LogP contribution in [-0.2, 0) is 11.3 Å². The first-order chi connectivity index (χ1) is 19.7. The predicted octanol–water partition coefficient (Wildman–Crippen LogP) is 5.37. The van der Waals surface area contributed by atoms with Gasteiger partial charge in [0.1, 0.15) is 0 Å². The molecule has 0 fully saturated rings. The Morgan fingerprint density at radius 3 is 2.61 bits per heavy atom. The summed E-state index contributed by atoms with van der Waals surface area (Å²) in [5.74, 6) is -0.200. The van der Waals surface area contributed by atoms with Crippen molar-refractivity contribution in [2.45, 2.75) is 32.5 Å². The lowest BCUT2D eigenvalue weighted by molar-refractivity contribution is -0.385. The van der Waals surface area contributed by atoms with Crippen LogP contribution in [0.5, 0.6) is 0 Å². The Bertz CT molecular complexity index is 1760. The number of anilines is 1. The van der Waals surface area contributed by atoms with Crippen LogP contribution in [0.4, 0.5) is 10.8 Å². The summed E-state index contributed by atoms with van der Waals surface area (Å²) >= 11 is 2.62. The topological polar surface area (TPSA) is 145 Å². The fraction of sp³-hybridized carbons (Fsp3) is 0.179. The first-order valence-electron chi connectivity index (χ1n) is 12.5. The second kappa shape index (κ2) is 11.9. The standard InChI is InChI=1S/C28H25N7O4S2/c1-16-7-6-9-21(18(16)3)34-24(14-29-26(37)19-12-11-17(2)22(13-19)35(38)39)32-33-28(34)40-15-25(36)31-27-30-20-8-4-5-10-23(20)41-27/h4-13H,14-15H2,1-3H3,(H,29,37)(H,30,31,36). The molecule has 2 aromatic heterocycles. The van der Waals surface area contributed by atoms with Gasteiger partial charge in [0.15, 0.2) is 16.1 Å². The molecule has 208 valence electrons. The molecule has 13 heteroatoms. The van der Waals surface area contributed by atoms with E-state index in [-0.39, 0.29) is 29.5 Å². The predicted molar refractivity (Wildman–Crippen MR) is 159 cm³/mol. The minimum Gasteiger partial charge on any atom is -0.345 e. The number of benzene rings is 3. The highest BCUT2D eigenvalue weighted by molar-refractivity contribution is 7.99. The molecule has 0 aliphatic heterocycles. The van der Waals surface area contributed by atoms with Crippen molar-refractivity contribution >= 4 is 55.9 Å². The monoisotopic (exact) mass is 587 g/mol. The number of nitrogens with zero attached hydrogens (tertiary/aromatic N) is 5. The number of aromatic nitrogens is 4. The third-order valence-electron chi connectivity index (χ3n) is 6.46. The summed E-state index contributed by atoms with van der Waals surface area (Å²) in [5, 5.41) is 26.6. The van der Waals surface area contributed by atoms with Gasteiger partial charge >= 0.3 is 0 Å². The van der Waals surface area contributed by atoms with Crippen molar-refractivity contribution in [1.29, 1.82) is 0 Å². The summed E-state index contributed by atoms with van der Waals surface area (Å²) in [7, 11) is 0. The molecule has 0 spiro atoms. The van der Waals surface area contributed by atoms with Crippen LogP contribution in [0.3, 0.4) is 0 Å². The molecule has 41 heavy (non-hydrogen) atoms. The van der Waals surface area contributed by atoms with Crippen LogP contribution < -0.4 is 10.6 Å². The zero-order valence-electron chi connectivity index (χ0n) is 22.4. The number of thiazole rings is 1. The van der Waals surface area contributed by atoms with Gasteiger partial charge in [-0.3, -0.25) is 24.3 Å². The van der Waals surface area contributed by atoms with Gasteiger partial charge in [-0.15, -0.1) is 10.2 Å². The van der Waals surface area contributed by atoms with Crippen LogP contribution in [0.1, 0.15) is 32.9 Å². The SMILES string of the molecule is Cc1ccc(C(=O)NCc2nnc(SCC(=O)Nc3nc4ccccc4s3)n2-c2cccc(C)c2C)cc1[N+](=O)[O-]. The lowest BCUT2D eigenvalue weighted by Gasteiger charge is -2.15. The van der Waals surface area contributed by atoms with Crippen molar-refractivity contribution in [3.05, 3.63) is 98.9 Å². The van der Waals surface area contributed by atoms with Crippen LogP contribution in [0.2, 0.25) is 0 Å². The van der Waals surface area contributed by atoms with Crippen molar-refractivity contribution in [3.8, 4) is 5.69 Å². The van der Waals surface area contributed by atoms with E-state index in [2.05, 4.69) is 25.8 Å². The highest BCUT2D eigenvalue weighted by atomic mass is 32.2. The van der Waals surface area contributed by atoms with Crippen molar-refractivity contribution in [2.75, 3.05) is 11.1 Å². The average molecular weight is 588 g/mol. The Labute approximate surface area is 243 Å². The molecule has 2 heterocycles. The Morgan fingerprint density at radius 2 is 1.83 bits per heavy atom. The van der Waals surface area contributed by atoms with Crippen molar-refractivity contribution in [2.24, 2.45) is 0 Å². The summed E-state index contributed by atoms with van der Waals surface area (Å²) in [6.45, 7) is 5.60. The third kappa shape index (κ3) is 6.10. The molecule has 5 aromatic rings. The summed E-state index contributed by atoms with van der Waals surface area (Å²) in [4.78, 5) is 40.9. The molecule has 0 atom stereocenters. The van der Waals surface area contributed by atoms with E-state index in [1.807, 2.05) is 60.9 Å². The highest BCUT2D eigenvalue weighted by Crippen LogP contribution is 2.28. The van der Waals surface area contributed by atoms with E-state index in [1.54, 1.807) is 19.1 Å².